The molecule has 5 nitrogen and oxygen atoms in total. The summed E-state index contributed by atoms with van der Waals surface area (Å²) >= 11 is 3.61. The van der Waals surface area contributed by atoms with E-state index in [1.54, 1.807) is 0 Å². The van der Waals surface area contributed by atoms with Crippen molar-refractivity contribution in [3.63, 3.8) is 0 Å². The molecule has 1 aliphatic rings. The summed E-state index contributed by atoms with van der Waals surface area (Å²) in [5.41, 5.74) is 1.22. The number of guanidine groups is 1. The molecule has 6 heteroatoms. The zero-order chi connectivity index (χ0) is 17.9. The third-order valence-corrected chi connectivity index (χ3v) is 4.89. The minimum Gasteiger partial charge on any atom is -0.381 e. The van der Waals surface area contributed by atoms with Crippen LogP contribution >= 0.6 is 15.9 Å². The van der Waals surface area contributed by atoms with Crippen LogP contribution in [0.3, 0.4) is 0 Å². The summed E-state index contributed by atoms with van der Waals surface area (Å²) in [6.07, 6.45) is 2.05. The molecule has 1 saturated heterocycles. The molecule has 1 heterocycles. The summed E-state index contributed by atoms with van der Waals surface area (Å²) in [5, 5.41) is 6.77. The fourth-order valence-corrected chi connectivity index (χ4v) is 3.38. The molecule has 140 valence electrons. The monoisotopic (exact) mass is 411 g/mol. The highest BCUT2D eigenvalue weighted by atomic mass is 79.9. The van der Waals surface area contributed by atoms with Gasteiger partial charge in [-0.1, -0.05) is 34.1 Å². The Bertz CT molecular complexity index is 533. The molecular weight excluding hydrogens is 382 g/mol. The van der Waals surface area contributed by atoms with Crippen LogP contribution in [0.1, 0.15) is 38.3 Å². The number of aliphatic imine (C=N–C) groups is 1. The van der Waals surface area contributed by atoms with Gasteiger partial charge in [0, 0.05) is 36.7 Å². The first kappa shape index (κ1) is 20.2. The Morgan fingerprint density at radius 3 is 3.00 bits per heavy atom. The smallest absolute Gasteiger partial charge is 0.191 e. The lowest BCUT2D eigenvalue weighted by Crippen LogP contribution is -2.39. The molecular formula is C19H30BrN3O2. The molecule has 1 aromatic rings. The number of rotatable bonds is 9. The van der Waals surface area contributed by atoms with Crippen LogP contribution in [-0.4, -0.2) is 45.5 Å². The molecule has 2 N–H and O–H groups in total. The van der Waals surface area contributed by atoms with Gasteiger partial charge in [0.15, 0.2) is 5.96 Å². The first-order valence-electron chi connectivity index (χ1n) is 9.15. The van der Waals surface area contributed by atoms with Crippen molar-refractivity contribution in [1.29, 1.82) is 0 Å². The van der Waals surface area contributed by atoms with Crippen molar-refractivity contribution in [2.45, 2.75) is 32.7 Å². The fourth-order valence-electron chi connectivity index (χ4n) is 2.75. The van der Waals surface area contributed by atoms with Crippen molar-refractivity contribution in [3.8, 4) is 0 Å². The van der Waals surface area contributed by atoms with Crippen LogP contribution in [0.15, 0.2) is 33.7 Å². The van der Waals surface area contributed by atoms with Gasteiger partial charge >= 0.3 is 0 Å². The van der Waals surface area contributed by atoms with Crippen LogP contribution in [0.4, 0.5) is 0 Å². The number of benzene rings is 1. The highest BCUT2D eigenvalue weighted by Gasteiger charge is 2.15. The average molecular weight is 412 g/mol. The van der Waals surface area contributed by atoms with Gasteiger partial charge in [0.25, 0.3) is 0 Å². The van der Waals surface area contributed by atoms with E-state index < -0.39 is 0 Å². The molecule has 0 radical (unpaired) electrons. The number of halogens is 1. The van der Waals surface area contributed by atoms with E-state index in [1.807, 2.05) is 6.07 Å². The maximum absolute atomic E-state index is 5.73. The van der Waals surface area contributed by atoms with E-state index in [4.69, 9.17) is 9.47 Å². The maximum Gasteiger partial charge on any atom is 0.191 e. The number of nitrogens with zero attached hydrogens (tertiary/aromatic N) is 1. The number of nitrogens with one attached hydrogen (secondary N) is 2. The van der Waals surface area contributed by atoms with Gasteiger partial charge in [-0.25, -0.2) is 0 Å². The molecule has 0 spiro atoms. The first-order valence-corrected chi connectivity index (χ1v) is 9.94. The Morgan fingerprint density at radius 2 is 2.28 bits per heavy atom. The van der Waals surface area contributed by atoms with Crippen molar-refractivity contribution in [2.24, 2.45) is 10.9 Å². The molecule has 1 fully saturated rings. The molecule has 0 bridgehead atoms. The lowest BCUT2D eigenvalue weighted by atomic mass is 10.1. The van der Waals surface area contributed by atoms with E-state index in [9.17, 15) is 0 Å². The Balaban J connectivity index is 1.72. The zero-order valence-electron chi connectivity index (χ0n) is 15.3. The maximum atomic E-state index is 5.73. The minimum atomic E-state index is 0.173. The molecule has 0 amide bonds. The average Bonchev–Trinajstić information content (AvgIpc) is 3.11. The van der Waals surface area contributed by atoms with Gasteiger partial charge in [-0.3, -0.25) is 4.99 Å². The fraction of sp³-hybridized carbons (Fsp3) is 0.632. The normalized spacial score (nSPS) is 19.0. The van der Waals surface area contributed by atoms with Crippen molar-refractivity contribution >= 4 is 21.9 Å². The summed E-state index contributed by atoms with van der Waals surface area (Å²) in [6.45, 7) is 9.09. The van der Waals surface area contributed by atoms with Crippen LogP contribution in [0.25, 0.3) is 0 Å². The largest absolute Gasteiger partial charge is 0.381 e. The molecule has 2 atom stereocenters. The summed E-state index contributed by atoms with van der Waals surface area (Å²) in [6, 6.07) is 8.43. The van der Waals surface area contributed by atoms with E-state index in [0.29, 0.717) is 5.92 Å². The molecule has 2 rings (SSSR count). The summed E-state index contributed by atoms with van der Waals surface area (Å²) in [7, 11) is 0. The van der Waals surface area contributed by atoms with Crippen LogP contribution < -0.4 is 10.6 Å². The molecule has 25 heavy (non-hydrogen) atoms. The van der Waals surface area contributed by atoms with Crippen LogP contribution in [0.2, 0.25) is 0 Å². The Kier molecular flexibility index (Phi) is 9.29. The predicted molar refractivity (Wildman–Crippen MR) is 106 cm³/mol. The van der Waals surface area contributed by atoms with Crippen LogP contribution in [-0.2, 0) is 9.47 Å². The number of hydrogen-bond donors (Lipinski definition) is 2. The standard InChI is InChI=1S/C19H30BrN3O2/c1-3-21-19(23-15(2)17-7-4-5-8-18(17)20)22-10-6-11-24-13-16-9-12-25-14-16/h4-5,7-8,15-16H,3,6,9-14H2,1-2H3,(H2,21,22,23). The van der Waals surface area contributed by atoms with E-state index in [0.717, 1.165) is 62.8 Å². The Morgan fingerprint density at radius 1 is 1.44 bits per heavy atom. The van der Waals surface area contributed by atoms with E-state index in [1.165, 1.54) is 5.56 Å². The quantitative estimate of drug-likeness (QED) is 0.370. The number of hydrogen-bond acceptors (Lipinski definition) is 3. The van der Waals surface area contributed by atoms with Crippen molar-refractivity contribution in [1.82, 2.24) is 10.6 Å². The summed E-state index contributed by atoms with van der Waals surface area (Å²) in [4.78, 5) is 4.65. The highest BCUT2D eigenvalue weighted by Crippen LogP contribution is 2.22. The van der Waals surface area contributed by atoms with Crippen LogP contribution in [0.5, 0.6) is 0 Å². The molecule has 0 aliphatic carbocycles. The zero-order valence-corrected chi connectivity index (χ0v) is 16.8. The lowest BCUT2D eigenvalue weighted by molar-refractivity contribution is 0.0893. The van der Waals surface area contributed by atoms with Crippen molar-refractivity contribution in [2.75, 3.05) is 39.5 Å². The first-order chi connectivity index (χ1) is 12.2. The van der Waals surface area contributed by atoms with Gasteiger partial charge in [0.05, 0.1) is 19.3 Å². The Hall–Kier alpha value is -1.11. The van der Waals surface area contributed by atoms with Gasteiger partial charge in [-0.15, -0.1) is 0 Å². The second-order valence-corrected chi connectivity index (χ2v) is 7.16. The SMILES string of the molecule is CCNC(=NCCCOCC1CCOC1)NC(C)c1ccccc1Br. The third-order valence-electron chi connectivity index (χ3n) is 4.16. The van der Waals surface area contributed by atoms with E-state index in [-0.39, 0.29) is 6.04 Å². The lowest BCUT2D eigenvalue weighted by Gasteiger charge is -2.19. The Labute approximate surface area is 159 Å². The minimum absolute atomic E-state index is 0.173. The second-order valence-electron chi connectivity index (χ2n) is 6.31. The number of ether oxygens (including phenoxy) is 2. The molecule has 2 unspecified atom stereocenters. The highest BCUT2D eigenvalue weighted by molar-refractivity contribution is 9.10. The van der Waals surface area contributed by atoms with Gasteiger partial charge in [-0.2, -0.15) is 0 Å². The second kappa shape index (κ2) is 11.5. The summed E-state index contributed by atoms with van der Waals surface area (Å²) in [5.74, 6) is 1.42. The van der Waals surface area contributed by atoms with Gasteiger partial charge in [0.2, 0.25) is 0 Å². The van der Waals surface area contributed by atoms with Crippen molar-refractivity contribution in [3.05, 3.63) is 34.3 Å². The van der Waals surface area contributed by atoms with Gasteiger partial charge in [-0.05, 0) is 38.3 Å². The topological polar surface area (TPSA) is 54.9 Å². The van der Waals surface area contributed by atoms with Gasteiger partial charge < -0.3 is 20.1 Å². The van der Waals surface area contributed by atoms with E-state index in [2.05, 4.69) is 63.6 Å². The van der Waals surface area contributed by atoms with Crippen molar-refractivity contribution < 1.29 is 9.47 Å². The third kappa shape index (κ3) is 7.34. The van der Waals surface area contributed by atoms with Crippen LogP contribution in [0, 0.1) is 5.92 Å². The molecule has 1 aromatic carbocycles. The predicted octanol–water partition coefficient (Wildman–Crippen LogP) is 3.51. The molecule has 1 aliphatic heterocycles. The van der Waals surface area contributed by atoms with Gasteiger partial charge in [0.1, 0.15) is 0 Å². The molecule has 0 saturated carbocycles. The summed E-state index contributed by atoms with van der Waals surface area (Å²) < 4.78 is 12.2. The van der Waals surface area contributed by atoms with E-state index >= 15 is 0 Å². The molecule has 0 aromatic heterocycles.